The number of carbonyl (C=O) groups is 1. The van der Waals surface area contributed by atoms with E-state index in [2.05, 4.69) is 13.8 Å². The molecule has 0 aromatic heterocycles. The summed E-state index contributed by atoms with van der Waals surface area (Å²) in [5, 5.41) is 10.2. The monoisotopic (exact) mass is 358 g/mol. The van der Waals surface area contributed by atoms with Crippen LogP contribution in [0.2, 0.25) is 0 Å². The molecule has 0 bridgehead atoms. The lowest BCUT2D eigenvalue weighted by atomic mass is 9.44. The molecule has 0 unspecified atom stereocenters. The SMILES string of the molecule is C[C@@]12CC[C@@H]3[C@H](CC[C@H]4C[C@H](O)CC[C@]43C)[C@@H]1CC[C@H]2C1=CC(=O)OC1. The van der Waals surface area contributed by atoms with Crippen LogP contribution in [0, 0.1) is 40.4 Å². The minimum Gasteiger partial charge on any atom is -0.458 e. The van der Waals surface area contributed by atoms with Crippen molar-refractivity contribution in [2.24, 2.45) is 40.4 Å². The second kappa shape index (κ2) is 5.83. The summed E-state index contributed by atoms with van der Waals surface area (Å²) >= 11 is 0. The third-order valence-corrected chi connectivity index (χ3v) is 9.77. The van der Waals surface area contributed by atoms with E-state index in [1.807, 2.05) is 0 Å². The Balaban J connectivity index is 1.41. The maximum absolute atomic E-state index is 11.6. The van der Waals surface area contributed by atoms with E-state index < -0.39 is 0 Å². The van der Waals surface area contributed by atoms with Crippen LogP contribution in [-0.2, 0) is 9.53 Å². The maximum Gasteiger partial charge on any atom is 0.331 e. The quantitative estimate of drug-likeness (QED) is 0.703. The Morgan fingerprint density at radius 3 is 2.54 bits per heavy atom. The molecular weight excluding hydrogens is 324 g/mol. The van der Waals surface area contributed by atoms with E-state index in [-0.39, 0.29) is 12.1 Å². The Morgan fingerprint density at radius 2 is 1.77 bits per heavy atom. The van der Waals surface area contributed by atoms with Gasteiger partial charge in [0.25, 0.3) is 0 Å². The zero-order chi connectivity index (χ0) is 18.1. The molecule has 1 heterocycles. The van der Waals surface area contributed by atoms with E-state index in [4.69, 9.17) is 4.74 Å². The molecule has 8 atom stereocenters. The molecule has 4 aliphatic carbocycles. The van der Waals surface area contributed by atoms with Gasteiger partial charge in [-0.25, -0.2) is 4.79 Å². The Bertz CT molecular complexity index is 639. The van der Waals surface area contributed by atoms with E-state index in [1.165, 1.54) is 50.5 Å². The number of rotatable bonds is 1. The number of cyclic esters (lactones) is 1. The lowest BCUT2D eigenvalue weighted by molar-refractivity contribution is -0.135. The summed E-state index contributed by atoms with van der Waals surface area (Å²) in [5.74, 6) is 3.67. The molecule has 0 radical (unpaired) electrons. The van der Waals surface area contributed by atoms with Crippen molar-refractivity contribution in [3.8, 4) is 0 Å². The lowest BCUT2D eigenvalue weighted by Gasteiger charge is -2.61. The van der Waals surface area contributed by atoms with Gasteiger partial charge in [0.1, 0.15) is 6.61 Å². The average molecular weight is 359 g/mol. The fraction of sp³-hybridized carbons (Fsp3) is 0.870. The van der Waals surface area contributed by atoms with Crippen LogP contribution in [0.15, 0.2) is 11.6 Å². The van der Waals surface area contributed by atoms with Gasteiger partial charge >= 0.3 is 5.97 Å². The van der Waals surface area contributed by atoms with Crippen molar-refractivity contribution in [2.75, 3.05) is 6.61 Å². The first-order valence-electron chi connectivity index (χ1n) is 11.0. The Kier molecular flexibility index (Phi) is 3.88. The van der Waals surface area contributed by atoms with Crippen molar-refractivity contribution in [2.45, 2.75) is 77.7 Å². The average Bonchev–Trinajstić information content (AvgIpc) is 3.18. The van der Waals surface area contributed by atoms with Gasteiger partial charge in [0.05, 0.1) is 6.10 Å². The minimum atomic E-state index is -0.130. The Morgan fingerprint density at radius 1 is 1.00 bits per heavy atom. The summed E-state index contributed by atoms with van der Waals surface area (Å²) < 4.78 is 5.25. The highest BCUT2D eigenvalue weighted by atomic mass is 16.5. The molecule has 3 nitrogen and oxygen atoms in total. The molecular formula is C23H34O3. The number of hydrogen-bond acceptors (Lipinski definition) is 3. The largest absolute Gasteiger partial charge is 0.458 e. The first-order valence-corrected chi connectivity index (χ1v) is 11.0. The predicted octanol–water partition coefficient (Wildman–Crippen LogP) is 4.49. The summed E-state index contributed by atoms with van der Waals surface area (Å²) in [4.78, 5) is 11.6. The molecule has 3 heteroatoms. The number of aliphatic hydroxyl groups is 1. The van der Waals surface area contributed by atoms with Crippen LogP contribution in [0.25, 0.3) is 0 Å². The molecule has 5 rings (SSSR count). The van der Waals surface area contributed by atoms with Crippen molar-refractivity contribution in [3.63, 3.8) is 0 Å². The maximum atomic E-state index is 11.6. The fourth-order valence-electron chi connectivity index (χ4n) is 8.43. The fourth-order valence-corrected chi connectivity index (χ4v) is 8.43. The van der Waals surface area contributed by atoms with Gasteiger partial charge in [0, 0.05) is 6.08 Å². The Hall–Kier alpha value is -0.830. The number of carbonyl (C=O) groups excluding carboxylic acids is 1. The van der Waals surface area contributed by atoms with Gasteiger partial charge < -0.3 is 9.84 Å². The molecule has 1 aliphatic heterocycles. The van der Waals surface area contributed by atoms with Gasteiger partial charge in [-0.2, -0.15) is 0 Å². The standard InChI is InChI=1S/C23H34O3/c1-22-9-7-16(24)12-15(22)3-4-17-19-6-5-18(14-11-21(25)26-13-14)23(19,2)10-8-20(17)22/h11,15-20,24H,3-10,12-13H2,1-2H3/t15-,16+,17+,18-,19-,20+,22+,23-/m0/s1. The van der Waals surface area contributed by atoms with Crippen LogP contribution in [0.5, 0.6) is 0 Å². The normalized spacial score (nSPS) is 53.3. The van der Waals surface area contributed by atoms with Crippen molar-refractivity contribution in [1.29, 1.82) is 0 Å². The predicted molar refractivity (Wildman–Crippen MR) is 100 cm³/mol. The second-order valence-corrected chi connectivity index (χ2v) is 10.6. The first kappa shape index (κ1) is 17.3. The molecule has 0 amide bonds. The van der Waals surface area contributed by atoms with Crippen LogP contribution in [0.3, 0.4) is 0 Å². The van der Waals surface area contributed by atoms with E-state index >= 15 is 0 Å². The highest BCUT2D eigenvalue weighted by Gasteiger charge is 2.60. The molecule has 4 saturated carbocycles. The molecule has 0 aromatic rings. The van der Waals surface area contributed by atoms with E-state index in [1.54, 1.807) is 6.08 Å². The van der Waals surface area contributed by atoms with Crippen molar-refractivity contribution < 1.29 is 14.6 Å². The van der Waals surface area contributed by atoms with Gasteiger partial charge in [-0.1, -0.05) is 13.8 Å². The van der Waals surface area contributed by atoms with Gasteiger partial charge in [-0.3, -0.25) is 0 Å². The van der Waals surface area contributed by atoms with E-state index in [0.717, 1.165) is 36.5 Å². The van der Waals surface area contributed by atoms with Gasteiger partial charge in [-0.15, -0.1) is 0 Å². The highest BCUT2D eigenvalue weighted by molar-refractivity contribution is 5.85. The first-order chi connectivity index (χ1) is 12.4. The van der Waals surface area contributed by atoms with Crippen LogP contribution < -0.4 is 0 Å². The Labute approximate surface area is 157 Å². The van der Waals surface area contributed by atoms with E-state index in [0.29, 0.717) is 23.4 Å². The summed E-state index contributed by atoms with van der Waals surface area (Å²) in [6.07, 6.45) is 12.9. The number of fused-ring (bicyclic) bond motifs is 5. The lowest BCUT2D eigenvalue weighted by Crippen LogP contribution is -2.54. The van der Waals surface area contributed by atoms with Crippen LogP contribution in [0.4, 0.5) is 0 Å². The van der Waals surface area contributed by atoms with Gasteiger partial charge in [0.15, 0.2) is 0 Å². The summed E-state index contributed by atoms with van der Waals surface area (Å²) in [6, 6.07) is 0. The van der Waals surface area contributed by atoms with Crippen molar-refractivity contribution >= 4 is 5.97 Å². The van der Waals surface area contributed by atoms with Crippen LogP contribution in [-0.4, -0.2) is 23.8 Å². The topological polar surface area (TPSA) is 46.5 Å². The molecule has 0 aromatic carbocycles. The molecule has 1 N–H and O–H groups in total. The van der Waals surface area contributed by atoms with Crippen LogP contribution in [0.1, 0.15) is 71.6 Å². The summed E-state index contributed by atoms with van der Waals surface area (Å²) in [6.45, 7) is 5.62. The second-order valence-electron chi connectivity index (χ2n) is 10.6. The number of aliphatic hydroxyl groups excluding tert-OH is 1. The molecule has 0 saturated heterocycles. The van der Waals surface area contributed by atoms with E-state index in [9.17, 15) is 9.90 Å². The molecule has 26 heavy (non-hydrogen) atoms. The number of hydrogen-bond donors (Lipinski definition) is 1. The van der Waals surface area contributed by atoms with Gasteiger partial charge in [0.2, 0.25) is 0 Å². The zero-order valence-corrected chi connectivity index (χ0v) is 16.4. The van der Waals surface area contributed by atoms with Crippen molar-refractivity contribution in [1.82, 2.24) is 0 Å². The molecule has 5 aliphatic rings. The summed E-state index contributed by atoms with van der Waals surface area (Å²) in [5.41, 5.74) is 2.09. The van der Waals surface area contributed by atoms with Crippen molar-refractivity contribution in [3.05, 3.63) is 11.6 Å². The number of ether oxygens (including phenoxy) is 1. The van der Waals surface area contributed by atoms with Gasteiger partial charge in [-0.05, 0) is 104 Å². The molecule has 0 spiro atoms. The molecule has 4 fully saturated rings. The number of esters is 1. The zero-order valence-electron chi connectivity index (χ0n) is 16.4. The highest BCUT2D eigenvalue weighted by Crippen LogP contribution is 2.68. The van der Waals surface area contributed by atoms with Crippen LogP contribution >= 0.6 is 0 Å². The smallest absolute Gasteiger partial charge is 0.331 e. The molecule has 144 valence electrons. The third-order valence-electron chi connectivity index (χ3n) is 9.77. The minimum absolute atomic E-state index is 0.0545. The summed E-state index contributed by atoms with van der Waals surface area (Å²) in [7, 11) is 0. The third kappa shape index (κ3) is 2.31.